The molecule has 2 N–H and O–H groups in total. The molecular weight excluding hydrogens is 233 g/mol. The Hall–Kier alpha value is -1.72. The van der Waals surface area contributed by atoms with Crippen molar-refractivity contribution in [3.8, 4) is 0 Å². The molecule has 92 valence electrons. The molecule has 3 nitrogen and oxygen atoms in total. The second-order valence-corrected chi connectivity index (χ2v) is 3.95. The van der Waals surface area contributed by atoms with E-state index in [0.29, 0.717) is 13.1 Å². The summed E-state index contributed by atoms with van der Waals surface area (Å²) in [6.07, 6.45) is -3.73. The van der Waals surface area contributed by atoms with Gasteiger partial charge in [-0.05, 0) is 24.6 Å². The summed E-state index contributed by atoms with van der Waals surface area (Å²) in [4.78, 5) is 13.2. The highest BCUT2D eigenvalue weighted by Gasteiger charge is 2.37. The van der Waals surface area contributed by atoms with E-state index in [2.05, 4.69) is 0 Å². The number of halogens is 3. The number of carbonyl (C=O) groups excluding carboxylic acids is 1. The first kappa shape index (κ1) is 11.8. The van der Waals surface area contributed by atoms with Crippen molar-refractivity contribution in [1.82, 2.24) is 4.90 Å². The highest BCUT2D eigenvalue weighted by Crippen LogP contribution is 2.34. The average Bonchev–Trinajstić information content (AvgIpc) is 2.13. The summed E-state index contributed by atoms with van der Waals surface area (Å²) in [6, 6.07) is 3.24. The van der Waals surface area contributed by atoms with Gasteiger partial charge in [0.1, 0.15) is 0 Å². The summed E-state index contributed by atoms with van der Waals surface area (Å²) in [7, 11) is 0. The molecule has 0 unspecified atom stereocenters. The van der Waals surface area contributed by atoms with Crippen LogP contribution in [0.1, 0.15) is 22.3 Å². The van der Waals surface area contributed by atoms with Crippen molar-refractivity contribution in [3.63, 3.8) is 0 Å². The number of nitrogens with two attached hydrogens (primary N) is 1. The second-order valence-electron chi connectivity index (χ2n) is 3.95. The Balaban J connectivity index is 2.42. The van der Waals surface area contributed by atoms with Crippen molar-refractivity contribution in [1.29, 1.82) is 0 Å². The van der Waals surface area contributed by atoms with E-state index in [4.69, 9.17) is 5.73 Å². The van der Waals surface area contributed by atoms with Crippen molar-refractivity contribution < 1.29 is 18.0 Å². The van der Waals surface area contributed by atoms with Crippen molar-refractivity contribution in [2.45, 2.75) is 12.6 Å². The Bertz CT molecular complexity index is 453. The molecule has 1 aromatic rings. The molecule has 17 heavy (non-hydrogen) atoms. The Morgan fingerprint density at radius 1 is 1.29 bits per heavy atom. The second kappa shape index (κ2) is 3.94. The van der Waals surface area contributed by atoms with E-state index in [9.17, 15) is 18.0 Å². The standard InChI is InChI=1S/C11H11F3N2O/c12-11(13,14)9-6-7(15)2-3-8(9)10(17)16-4-1-5-16/h2-3,6H,1,4-5,15H2. The van der Waals surface area contributed by atoms with Gasteiger partial charge in [-0.25, -0.2) is 0 Å². The van der Waals surface area contributed by atoms with Gasteiger partial charge in [0.05, 0.1) is 11.1 Å². The minimum absolute atomic E-state index is 0.00233. The summed E-state index contributed by atoms with van der Waals surface area (Å²) in [6.45, 7) is 1.03. The van der Waals surface area contributed by atoms with Gasteiger partial charge in [0.2, 0.25) is 0 Å². The predicted octanol–water partition coefficient (Wildman–Crippen LogP) is 2.13. The topological polar surface area (TPSA) is 46.3 Å². The maximum Gasteiger partial charge on any atom is 0.417 e. The van der Waals surface area contributed by atoms with Gasteiger partial charge in [-0.15, -0.1) is 0 Å². The smallest absolute Gasteiger partial charge is 0.399 e. The zero-order valence-corrected chi connectivity index (χ0v) is 8.92. The Labute approximate surface area is 96.0 Å². The van der Waals surface area contributed by atoms with E-state index < -0.39 is 17.6 Å². The van der Waals surface area contributed by atoms with E-state index in [0.717, 1.165) is 18.6 Å². The highest BCUT2D eigenvalue weighted by molar-refractivity contribution is 5.96. The Kier molecular flexibility index (Phi) is 2.73. The van der Waals surface area contributed by atoms with Gasteiger partial charge in [0.15, 0.2) is 0 Å². The van der Waals surface area contributed by atoms with Crippen molar-refractivity contribution in [2.75, 3.05) is 18.8 Å². The number of amides is 1. The number of nitrogens with zero attached hydrogens (tertiary/aromatic N) is 1. The van der Waals surface area contributed by atoms with Crippen LogP contribution < -0.4 is 5.73 Å². The minimum Gasteiger partial charge on any atom is -0.399 e. The average molecular weight is 244 g/mol. The molecule has 1 aliphatic heterocycles. The maximum atomic E-state index is 12.7. The van der Waals surface area contributed by atoms with Crippen LogP contribution in [0.25, 0.3) is 0 Å². The lowest BCUT2D eigenvalue weighted by Crippen LogP contribution is -2.42. The quantitative estimate of drug-likeness (QED) is 0.769. The van der Waals surface area contributed by atoms with E-state index >= 15 is 0 Å². The molecule has 2 rings (SSSR count). The van der Waals surface area contributed by atoms with Crippen molar-refractivity contribution in [3.05, 3.63) is 29.3 Å². The van der Waals surface area contributed by atoms with Crippen LogP contribution in [0.5, 0.6) is 0 Å². The zero-order valence-electron chi connectivity index (χ0n) is 8.92. The molecule has 0 aliphatic carbocycles. The molecule has 1 aliphatic rings. The first-order valence-corrected chi connectivity index (χ1v) is 5.15. The van der Waals surface area contributed by atoms with Crippen LogP contribution in [-0.2, 0) is 6.18 Å². The fourth-order valence-electron chi connectivity index (χ4n) is 1.67. The number of hydrogen-bond donors (Lipinski definition) is 1. The summed E-state index contributed by atoms with van der Waals surface area (Å²) in [5, 5.41) is 0. The van der Waals surface area contributed by atoms with Gasteiger partial charge in [0, 0.05) is 18.8 Å². The number of anilines is 1. The molecule has 0 aromatic heterocycles. The van der Waals surface area contributed by atoms with Crippen LogP contribution in [0, 0.1) is 0 Å². The highest BCUT2D eigenvalue weighted by atomic mass is 19.4. The van der Waals surface area contributed by atoms with Gasteiger partial charge in [0.25, 0.3) is 5.91 Å². The molecule has 1 amide bonds. The summed E-state index contributed by atoms with van der Waals surface area (Å²) in [5.41, 5.74) is 4.03. The van der Waals surface area contributed by atoms with Gasteiger partial charge in [-0.2, -0.15) is 13.2 Å². The maximum absolute atomic E-state index is 12.7. The van der Waals surface area contributed by atoms with Crippen molar-refractivity contribution >= 4 is 11.6 Å². The van der Waals surface area contributed by atoms with Crippen LogP contribution in [0.2, 0.25) is 0 Å². The lowest BCUT2D eigenvalue weighted by molar-refractivity contribution is -0.138. The molecule has 1 saturated heterocycles. The molecule has 1 aromatic carbocycles. The molecule has 6 heteroatoms. The van der Waals surface area contributed by atoms with Gasteiger partial charge in [-0.1, -0.05) is 0 Å². The van der Waals surface area contributed by atoms with E-state index in [-0.39, 0.29) is 11.3 Å². The zero-order chi connectivity index (χ0) is 12.6. The number of nitrogen functional groups attached to an aromatic ring is 1. The lowest BCUT2D eigenvalue weighted by Gasteiger charge is -2.31. The predicted molar refractivity (Wildman–Crippen MR) is 56.4 cm³/mol. The number of carbonyl (C=O) groups is 1. The van der Waals surface area contributed by atoms with E-state index in [1.165, 1.54) is 11.0 Å². The number of rotatable bonds is 1. The number of alkyl halides is 3. The Morgan fingerprint density at radius 2 is 1.94 bits per heavy atom. The van der Waals surface area contributed by atoms with Crippen LogP contribution in [0.4, 0.5) is 18.9 Å². The monoisotopic (exact) mass is 244 g/mol. The van der Waals surface area contributed by atoms with Gasteiger partial charge < -0.3 is 10.6 Å². The third kappa shape index (κ3) is 2.20. The summed E-state index contributed by atoms with van der Waals surface area (Å²) >= 11 is 0. The number of hydrogen-bond acceptors (Lipinski definition) is 2. The third-order valence-corrected chi connectivity index (χ3v) is 2.72. The van der Waals surface area contributed by atoms with Crippen LogP contribution in [0.3, 0.4) is 0 Å². The third-order valence-electron chi connectivity index (χ3n) is 2.72. The molecular formula is C11H11F3N2O. The van der Waals surface area contributed by atoms with Crippen LogP contribution in [-0.4, -0.2) is 23.9 Å². The first-order chi connectivity index (χ1) is 7.89. The molecule has 0 spiro atoms. The molecule has 0 radical (unpaired) electrons. The van der Waals surface area contributed by atoms with Crippen molar-refractivity contribution in [2.24, 2.45) is 0 Å². The SMILES string of the molecule is Nc1ccc(C(=O)N2CCC2)c(C(F)(F)F)c1. The van der Waals surface area contributed by atoms with Crippen LogP contribution >= 0.6 is 0 Å². The molecule has 0 atom stereocenters. The van der Waals surface area contributed by atoms with Gasteiger partial charge in [-0.3, -0.25) is 4.79 Å². The van der Waals surface area contributed by atoms with E-state index in [1.54, 1.807) is 0 Å². The van der Waals surface area contributed by atoms with Crippen LogP contribution in [0.15, 0.2) is 18.2 Å². The molecule has 1 fully saturated rings. The molecule has 1 heterocycles. The molecule has 0 bridgehead atoms. The summed E-state index contributed by atoms with van der Waals surface area (Å²) in [5.74, 6) is -0.580. The first-order valence-electron chi connectivity index (χ1n) is 5.15. The lowest BCUT2D eigenvalue weighted by atomic mass is 10.0. The Morgan fingerprint density at radius 3 is 2.41 bits per heavy atom. The largest absolute Gasteiger partial charge is 0.417 e. The molecule has 0 saturated carbocycles. The normalized spacial score (nSPS) is 15.6. The van der Waals surface area contributed by atoms with E-state index in [1.807, 2.05) is 0 Å². The summed E-state index contributed by atoms with van der Waals surface area (Å²) < 4.78 is 38.2. The fourth-order valence-corrected chi connectivity index (χ4v) is 1.67. The fraction of sp³-hybridized carbons (Fsp3) is 0.364. The van der Waals surface area contributed by atoms with Gasteiger partial charge >= 0.3 is 6.18 Å². The number of benzene rings is 1. The number of likely N-dealkylation sites (tertiary alicyclic amines) is 1. The minimum atomic E-state index is -4.56.